The first-order valence-corrected chi connectivity index (χ1v) is 12.3. The average molecular weight is 468 g/mol. The largest absolute Gasteiger partial charge is 0.393 e. The summed E-state index contributed by atoms with van der Waals surface area (Å²) < 4.78 is 15.1. The van der Waals surface area contributed by atoms with E-state index in [1.807, 2.05) is 10.6 Å². The van der Waals surface area contributed by atoms with Crippen molar-refractivity contribution in [1.82, 2.24) is 14.6 Å². The number of fused-ring (bicyclic) bond motifs is 1. The van der Waals surface area contributed by atoms with Gasteiger partial charge in [0.1, 0.15) is 5.82 Å². The van der Waals surface area contributed by atoms with Crippen LogP contribution >= 0.6 is 0 Å². The van der Waals surface area contributed by atoms with Gasteiger partial charge in [0.05, 0.1) is 23.4 Å². The minimum atomic E-state index is -0.355. The molecule has 7 nitrogen and oxygen atoms in total. The van der Waals surface area contributed by atoms with Crippen molar-refractivity contribution in [3.05, 3.63) is 53.6 Å². The zero-order chi connectivity index (χ0) is 24.1. The molecule has 1 fully saturated rings. The van der Waals surface area contributed by atoms with Crippen molar-refractivity contribution in [3.63, 3.8) is 0 Å². The smallest absolute Gasteiger partial charge is 0.257 e. The van der Waals surface area contributed by atoms with Crippen molar-refractivity contribution in [3.8, 4) is 0 Å². The van der Waals surface area contributed by atoms with E-state index < -0.39 is 0 Å². The Morgan fingerprint density at radius 1 is 1.21 bits per heavy atom. The summed E-state index contributed by atoms with van der Waals surface area (Å²) in [6.07, 6.45) is 9.15. The van der Waals surface area contributed by atoms with Gasteiger partial charge in [0, 0.05) is 23.3 Å². The second-order valence-electron chi connectivity index (χ2n) is 9.37. The highest BCUT2D eigenvalue weighted by Gasteiger charge is 2.27. The lowest BCUT2D eigenvalue weighted by atomic mass is 9.85. The molecule has 1 aliphatic carbocycles. The predicted octanol–water partition coefficient (Wildman–Crippen LogP) is 5.52. The fourth-order valence-corrected chi connectivity index (χ4v) is 4.65. The molecule has 0 spiro atoms. The molecule has 0 unspecified atom stereocenters. The van der Waals surface area contributed by atoms with Crippen LogP contribution in [0.3, 0.4) is 0 Å². The lowest BCUT2D eigenvalue weighted by Crippen LogP contribution is -2.20. The number of hydrogen-bond acceptors (Lipinski definition) is 5. The molecular weight excluding hydrogens is 433 g/mol. The summed E-state index contributed by atoms with van der Waals surface area (Å²) in [5.41, 5.74) is 2.58. The van der Waals surface area contributed by atoms with Crippen molar-refractivity contribution >= 4 is 23.1 Å². The van der Waals surface area contributed by atoms with Crippen LogP contribution in [0.1, 0.15) is 87.2 Å². The summed E-state index contributed by atoms with van der Waals surface area (Å²) in [5.74, 6) is 0.0950. The number of carbonyl (C=O) groups excluding carboxylic acids is 1. The lowest BCUT2D eigenvalue weighted by Gasteiger charge is -2.25. The average Bonchev–Trinajstić information content (AvgIpc) is 3.20. The van der Waals surface area contributed by atoms with Gasteiger partial charge < -0.3 is 15.7 Å². The molecular formula is C26H34FN5O2. The first-order valence-electron chi connectivity index (χ1n) is 12.3. The summed E-state index contributed by atoms with van der Waals surface area (Å²) >= 11 is 0. The molecule has 1 amide bonds. The number of aromatic nitrogens is 3. The van der Waals surface area contributed by atoms with Gasteiger partial charge in [0.15, 0.2) is 0 Å². The third kappa shape index (κ3) is 5.73. The monoisotopic (exact) mass is 467 g/mol. The summed E-state index contributed by atoms with van der Waals surface area (Å²) in [5, 5.41) is 21.0. The first-order chi connectivity index (χ1) is 16.4. The van der Waals surface area contributed by atoms with E-state index in [-0.39, 0.29) is 29.8 Å². The Balaban J connectivity index is 1.63. The Morgan fingerprint density at radius 2 is 1.94 bits per heavy atom. The number of aliphatic hydroxyl groups is 1. The number of benzene rings is 1. The number of unbranched alkanes of at least 4 members (excludes halogenated alkanes) is 2. The second kappa shape index (κ2) is 11.0. The molecule has 1 aromatic carbocycles. The van der Waals surface area contributed by atoms with Gasteiger partial charge in [0.25, 0.3) is 5.91 Å². The van der Waals surface area contributed by atoms with Crippen LogP contribution < -0.4 is 10.6 Å². The quantitative estimate of drug-likeness (QED) is 0.361. The van der Waals surface area contributed by atoms with Crippen molar-refractivity contribution in [1.29, 1.82) is 0 Å². The van der Waals surface area contributed by atoms with Crippen molar-refractivity contribution in [2.24, 2.45) is 0 Å². The van der Waals surface area contributed by atoms with Crippen LogP contribution in [0.2, 0.25) is 0 Å². The molecule has 34 heavy (non-hydrogen) atoms. The first kappa shape index (κ1) is 24.1. The standard InChI is InChI=1S/C26H34FN5O2/c1-3-4-5-6-17(2)29-26-28-16-24-22(25(34)30-20-11-9-19(27)10-12-20)15-23(32(24)31-26)18-7-13-21(33)14-8-18/h9-12,15-18,21,33H,3-8,13-14H2,1-2H3,(H,29,31)(H,30,34)/t17-,18?,21?/m0/s1. The van der Waals surface area contributed by atoms with Crippen LogP contribution in [0.4, 0.5) is 16.0 Å². The number of rotatable bonds is 9. The molecule has 0 aliphatic heterocycles. The van der Waals surface area contributed by atoms with Crippen LogP contribution in [0, 0.1) is 5.82 Å². The molecule has 0 bridgehead atoms. The number of aliphatic hydroxyl groups excluding tert-OH is 1. The molecule has 8 heteroatoms. The number of nitrogens with one attached hydrogen (secondary N) is 2. The molecule has 1 saturated carbocycles. The molecule has 2 heterocycles. The van der Waals surface area contributed by atoms with Crippen LogP contribution in [0.25, 0.3) is 5.52 Å². The highest BCUT2D eigenvalue weighted by molar-refractivity contribution is 6.09. The van der Waals surface area contributed by atoms with Crippen LogP contribution in [0.15, 0.2) is 36.5 Å². The van der Waals surface area contributed by atoms with Crippen molar-refractivity contribution < 1.29 is 14.3 Å². The van der Waals surface area contributed by atoms with Gasteiger partial charge in [-0.15, -0.1) is 5.10 Å². The normalized spacial score (nSPS) is 19.2. The van der Waals surface area contributed by atoms with Gasteiger partial charge in [-0.25, -0.2) is 13.9 Å². The van der Waals surface area contributed by atoms with E-state index in [1.54, 1.807) is 6.20 Å². The molecule has 2 aromatic heterocycles. The SMILES string of the molecule is CCCCC[C@H](C)Nc1ncc2c(C(=O)Nc3ccc(F)cc3)cc(C3CCC(O)CC3)n2n1. The number of amides is 1. The molecule has 3 aromatic rings. The highest BCUT2D eigenvalue weighted by atomic mass is 19.1. The molecule has 182 valence electrons. The fraction of sp³-hybridized carbons (Fsp3) is 0.500. The van der Waals surface area contributed by atoms with E-state index >= 15 is 0 Å². The number of carbonyl (C=O) groups is 1. The van der Waals surface area contributed by atoms with E-state index in [2.05, 4.69) is 29.5 Å². The fourth-order valence-electron chi connectivity index (χ4n) is 4.65. The van der Waals surface area contributed by atoms with Gasteiger partial charge >= 0.3 is 0 Å². The summed E-state index contributed by atoms with van der Waals surface area (Å²) in [7, 11) is 0. The van der Waals surface area contributed by atoms with E-state index in [1.165, 1.54) is 37.1 Å². The maximum absolute atomic E-state index is 13.3. The van der Waals surface area contributed by atoms with Gasteiger partial charge in [-0.2, -0.15) is 0 Å². The van der Waals surface area contributed by atoms with Gasteiger partial charge in [-0.1, -0.05) is 26.2 Å². The summed E-state index contributed by atoms with van der Waals surface area (Å²) in [4.78, 5) is 17.6. The predicted molar refractivity (Wildman–Crippen MR) is 132 cm³/mol. The highest BCUT2D eigenvalue weighted by Crippen LogP contribution is 2.35. The third-order valence-electron chi connectivity index (χ3n) is 6.62. The maximum Gasteiger partial charge on any atom is 0.257 e. The zero-order valence-electron chi connectivity index (χ0n) is 19.9. The lowest BCUT2D eigenvalue weighted by molar-refractivity contribution is 0.102. The van der Waals surface area contributed by atoms with E-state index in [0.717, 1.165) is 44.2 Å². The number of halogens is 1. The Kier molecular flexibility index (Phi) is 7.77. The molecule has 3 N–H and O–H groups in total. The topological polar surface area (TPSA) is 91.5 Å². The number of nitrogens with zero attached hydrogens (tertiary/aromatic N) is 3. The number of anilines is 2. The molecule has 0 radical (unpaired) electrons. The molecule has 1 aliphatic rings. The minimum absolute atomic E-state index is 0.202. The Labute approximate surface area is 199 Å². The summed E-state index contributed by atoms with van der Waals surface area (Å²) in [6, 6.07) is 7.83. The van der Waals surface area contributed by atoms with Crippen molar-refractivity contribution in [2.45, 2.75) is 83.3 Å². The van der Waals surface area contributed by atoms with Gasteiger partial charge in [-0.05, 0) is 69.4 Å². The Hall–Kier alpha value is -3.00. The van der Waals surface area contributed by atoms with Crippen molar-refractivity contribution in [2.75, 3.05) is 10.6 Å². The van der Waals surface area contributed by atoms with E-state index in [0.29, 0.717) is 22.7 Å². The molecule has 0 saturated heterocycles. The molecule has 4 rings (SSSR count). The maximum atomic E-state index is 13.3. The second-order valence-corrected chi connectivity index (χ2v) is 9.37. The van der Waals surface area contributed by atoms with Crippen LogP contribution in [-0.4, -0.2) is 37.8 Å². The van der Waals surface area contributed by atoms with Gasteiger partial charge in [0.2, 0.25) is 5.95 Å². The summed E-state index contributed by atoms with van der Waals surface area (Å²) in [6.45, 7) is 4.32. The minimum Gasteiger partial charge on any atom is -0.393 e. The van der Waals surface area contributed by atoms with Crippen LogP contribution in [-0.2, 0) is 0 Å². The van der Waals surface area contributed by atoms with Crippen LogP contribution in [0.5, 0.6) is 0 Å². The Bertz CT molecular complexity index is 1110. The van der Waals surface area contributed by atoms with Gasteiger partial charge in [-0.3, -0.25) is 4.79 Å². The van der Waals surface area contributed by atoms with E-state index in [9.17, 15) is 14.3 Å². The third-order valence-corrected chi connectivity index (χ3v) is 6.62. The Morgan fingerprint density at radius 3 is 2.65 bits per heavy atom. The zero-order valence-corrected chi connectivity index (χ0v) is 19.9. The molecule has 1 atom stereocenters. The van der Waals surface area contributed by atoms with E-state index in [4.69, 9.17) is 5.10 Å². The number of hydrogen-bond donors (Lipinski definition) is 3.